The lowest BCUT2D eigenvalue weighted by Gasteiger charge is -2.38. The number of piperidine rings is 1. The molecule has 176 valence electrons. The van der Waals surface area contributed by atoms with E-state index >= 15 is 0 Å². The molecule has 0 saturated carbocycles. The quantitative estimate of drug-likeness (QED) is 0.499. The van der Waals surface area contributed by atoms with Gasteiger partial charge in [-0.25, -0.2) is 13.2 Å². The third-order valence-corrected chi connectivity index (χ3v) is 7.92. The molecule has 3 aromatic rings. The molecule has 33 heavy (non-hydrogen) atoms. The van der Waals surface area contributed by atoms with Crippen LogP contribution in [0.5, 0.6) is 0 Å². The number of aromatic nitrogens is 2. The highest BCUT2D eigenvalue weighted by atomic mass is 35.5. The smallest absolute Gasteiger partial charge is 0.319 e. The van der Waals surface area contributed by atoms with Crippen LogP contribution in [0.3, 0.4) is 0 Å². The summed E-state index contributed by atoms with van der Waals surface area (Å²) in [7, 11) is -3.41. The molecular weight excluding hydrogens is 505 g/mol. The van der Waals surface area contributed by atoms with Crippen molar-refractivity contribution in [1.82, 2.24) is 19.4 Å². The summed E-state index contributed by atoms with van der Waals surface area (Å²) in [5, 5.41) is 10.7. The van der Waals surface area contributed by atoms with Crippen LogP contribution in [-0.2, 0) is 16.6 Å². The highest BCUT2D eigenvalue weighted by Crippen LogP contribution is 2.34. The molecule has 1 fully saturated rings. The minimum Gasteiger partial charge on any atom is -0.334 e. The minimum absolute atomic E-state index is 0.0317. The fourth-order valence-corrected chi connectivity index (χ4v) is 5.74. The summed E-state index contributed by atoms with van der Waals surface area (Å²) in [6, 6.07) is 12.1. The first-order valence-corrected chi connectivity index (χ1v) is 13.7. The van der Waals surface area contributed by atoms with Gasteiger partial charge < -0.3 is 10.6 Å². The van der Waals surface area contributed by atoms with Gasteiger partial charge in [-0.3, -0.25) is 4.90 Å². The van der Waals surface area contributed by atoms with Crippen molar-refractivity contribution in [2.24, 2.45) is 0 Å². The molecule has 12 heteroatoms. The second-order valence-corrected chi connectivity index (χ2v) is 11.9. The van der Waals surface area contributed by atoms with Crippen molar-refractivity contribution in [3.8, 4) is 0 Å². The van der Waals surface area contributed by atoms with Gasteiger partial charge in [0.2, 0.25) is 0 Å². The molecule has 4 rings (SSSR count). The van der Waals surface area contributed by atoms with Crippen molar-refractivity contribution < 1.29 is 13.2 Å². The van der Waals surface area contributed by atoms with E-state index in [-0.39, 0.29) is 18.0 Å². The number of thiophene rings is 1. The van der Waals surface area contributed by atoms with Crippen molar-refractivity contribution in [3.63, 3.8) is 0 Å². The number of hydrogen-bond donors (Lipinski definition) is 2. The number of hydrogen-bond acceptors (Lipinski definition) is 6. The molecule has 8 nitrogen and oxygen atoms in total. The van der Waals surface area contributed by atoms with Gasteiger partial charge in [0.25, 0.3) is 10.0 Å². The maximum Gasteiger partial charge on any atom is 0.319 e. The van der Waals surface area contributed by atoms with Crippen molar-refractivity contribution in [1.29, 1.82) is 0 Å². The number of benzene rings is 1. The molecule has 1 aliphatic rings. The molecule has 2 N–H and O–H groups in total. The van der Waals surface area contributed by atoms with Crippen LogP contribution in [-0.4, -0.2) is 53.9 Å². The third-order valence-electron chi connectivity index (χ3n) is 5.42. The average Bonchev–Trinajstić information content (AvgIpc) is 3.40. The number of nitrogens with zero attached hydrogens (tertiary/aromatic N) is 3. The number of carbonyl (C=O) groups is 1. The Morgan fingerprint density at radius 1 is 1.18 bits per heavy atom. The predicted molar refractivity (Wildman–Crippen MR) is 132 cm³/mol. The number of urea groups is 1. The molecule has 0 bridgehead atoms. The van der Waals surface area contributed by atoms with E-state index in [2.05, 4.69) is 20.6 Å². The Morgan fingerprint density at radius 3 is 2.58 bits per heavy atom. The number of nitrogens with one attached hydrogen (secondary N) is 2. The number of carbonyl (C=O) groups excluding carboxylic acids is 1. The summed E-state index contributed by atoms with van der Waals surface area (Å²) in [6.07, 6.45) is 3.30. The molecule has 2 aromatic heterocycles. The standard InChI is InChI=1S/C21H23Cl2N5O3S2/c1-33(30,31)28-11-8-16(26-28)12-27-10-9-18(17(13-27)19-6-7-20(23)32-19)25-21(29)24-15-4-2-14(22)3-5-15/h2-8,11,17-18H,9-10,12-13H2,1H3,(H2,24,25,29). The van der Waals surface area contributed by atoms with Crippen LogP contribution in [0.25, 0.3) is 0 Å². The highest BCUT2D eigenvalue weighted by Gasteiger charge is 2.33. The van der Waals surface area contributed by atoms with E-state index in [0.717, 1.165) is 28.2 Å². The minimum atomic E-state index is -3.41. The van der Waals surface area contributed by atoms with Crippen LogP contribution in [0.2, 0.25) is 9.36 Å². The number of rotatable bonds is 6. The molecule has 2 unspecified atom stereocenters. The Hall–Kier alpha value is -2.11. The summed E-state index contributed by atoms with van der Waals surface area (Å²) in [4.78, 5) is 16.0. The maximum atomic E-state index is 12.7. The van der Waals surface area contributed by atoms with Crippen molar-refractivity contribution in [2.75, 3.05) is 24.7 Å². The lowest BCUT2D eigenvalue weighted by atomic mass is 9.90. The zero-order valence-corrected chi connectivity index (χ0v) is 20.9. The average molecular weight is 528 g/mol. The summed E-state index contributed by atoms with van der Waals surface area (Å²) in [6.45, 7) is 1.92. The summed E-state index contributed by atoms with van der Waals surface area (Å²) >= 11 is 13.6. The van der Waals surface area contributed by atoms with E-state index < -0.39 is 10.0 Å². The van der Waals surface area contributed by atoms with Crippen LogP contribution in [0.1, 0.15) is 22.9 Å². The van der Waals surface area contributed by atoms with Crippen LogP contribution in [0.15, 0.2) is 48.7 Å². The van der Waals surface area contributed by atoms with Gasteiger partial charge in [0.1, 0.15) is 0 Å². The second-order valence-electron chi connectivity index (χ2n) is 7.93. The van der Waals surface area contributed by atoms with Gasteiger partial charge in [-0.05, 0) is 48.9 Å². The highest BCUT2D eigenvalue weighted by molar-refractivity contribution is 7.89. The van der Waals surface area contributed by atoms with Gasteiger partial charge in [0, 0.05) is 53.4 Å². The number of anilines is 1. The maximum absolute atomic E-state index is 12.7. The SMILES string of the molecule is CS(=O)(=O)n1ccc(CN2CCC(NC(=O)Nc3ccc(Cl)cc3)C(c3ccc(Cl)s3)C2)n1. The zero-order chi connectivity index (χ0) is 23.6. The lowest BCUT2D eigenvalue weighted by molar-refractivity contribution is 0.168. The molecule has 2 atom stereocenters. The number of halogens is 2. The Labute approximate surface area is 206 Å². The Balaban J connectivity index is 1.45. The molecular formula is C21H23Cl2N5O3S2. The molecule has 1 saturated heterocycles. The fraction of sp³-hybridized carbons (Fsp3) is 0.333. The third kappa shape index (κ3) is 6.27. The van der Waals surface area contributed by atoms with E-state index in [1.54, 1.807) is 30.3 Å². The molecule has 1 aromatic carbocycles. The monoisotopic (exact) mass is 527 g/mol. The molecule has 0 aliphatic carbocycles. The van der Waals surface area contributed by atoms with Gasteiger partial charge in [0.05, 0.1) is 16.3 Å². The Bertz CT molecular complexity index is 1230. The van der Waals surface area contributed by atoms with Gasteiger partial charge in [0.15, 0.2) is 0 Å². The second kappa shape index (κ2) is 10.0. The number of amides is 2. The fourth-order valence-electron chi connectivity index (χ4n) is 3.86. The van der Waals surface area contributed by atoms with E-state index in [1.165, 1.54) is 17.5 Å². The van der Waals surface area contributed by atoms with Crippen LogP contribution in [0, 0.1) is 0 Å². The largest absolute Gasteiger partial charge is 0.334 e. The molecule has 1 aliphatic heterocycles. The number of likely N-dealkylation sites (tertiary alicyclic amines) is 1. The van der Waals surface area contributed by atoms with E-state index in [0.29, 0.717) is 33.8 Å². The van der Waals surface area contributed by atoms with Crippen molar-refractivity contribution in [2.45, 2.75) is 24.9 Å². The topological polar surface area (TPSA) is 96.3 Å². The molecule has 0 spiro atoms. The first kappa shape index (κ1) is 24.0. The molecule has 3 heterocycles. The summed E-state index contributed by atoms with van der Waals surface area (Å²) in [5.74, 6) is 0.0317. The Kier molecular flexibility index (Phi) is 7.30. The lowest BCUT2D eigenvalue weighted by Crippen LogP contribution is -2.50. The predicted octanol–water partition coefficient (Wildman–Crippen LogP) is 4.24. The van der Waals surface area contributed by atoms with Crippen molar-refractivity contribution >= 4 is 56.3 Å². The van der Waals surface area contributed by atoms with Gasteiger partial charge >= 0.3 is 6.03 Å². The normalized spacial score (nSPS) is 19.4. The van der Waals surface area contributed by atoms with E-state index in [4.69, 9.17) is 23.2 Å². The molecule has 0 radical (unpaired) electrons. The van der Waals surface area contributed by atoms with Gasteiger partial charge in [-0.1, -0.05) is 23.2 Å². The van der Waals surface area contributed by atoms with Crippen molar-refractivity contribution in [3.05, 3.63) is 68.6 Å². The van der Waals surface area contributed by atoms with Crippen LogP contribution in [0.4, 0.5) is 10.5 Å². The van der Waals surface area contributed by atoms with Crippen LogP contribution < -0.4 is 10.6 Å². The summed E-state index contributed by atoms with van der Waals surface area (Å²) in [5.41, 5.74) is 1.33. The van der Waals surface area contributed by atoms with Crippen LogP contribution >= 0.6 is 34.5 Å². The van der Waals surface area contributed by atoms with Gasteiger partial charge in [-0.15, -0.1) is 11.3 Å². The zero-order valence-electron chi connectivity index (χ0n) is 17.7. The summed E-state index contributed by atoms with van der Waals surface area (Å²) < 4.78 is 25.1. The van der Waals surface area contributed by atoms with Gasteiger partial charge in [-0.2, -0.15) is 9.19 Å². The molecule has 2 amide bonds. The van der Waals surface area contributed by atoms with E-state index in [1.807, 2.05) is 12.1 Å². The first-order chi connectivity index (χ1) is 15.7. The van der Waals surface area contributed by atoms with E-state index in [9.17, 15) is 13.2 Å². The first-order valence-electron chi connectivity index (χ1n) is 10.2. The Morgan fingerprint density at radius 2 is 1.94 bits per heavy atom.